The minimum atomic E-state index is -3.54. The maximum atomic E-state index is 12.8. The molecule has 2 aromatic rings. The van der Waals surface area contributed by atoms with Gasteiger partial charge in [0.15, 0.2) is 0 Å². The molecule has 0 spiro atoms. The Morgan fingerprint density at radius 3 is 2.09 bits per heavy atom. The Kier molecular flexibility index (Phi) is 9.78. The van der Waals surface area contributed by atoms with Crippen molar-refractivity contribution in [2.75, 3.05) is 60.6 Å². The van der Waals surface area contributed by atoms with E-state index < -0.39 is 10.0 Å². The van der Waals surface area contributed by atoms with E-state index in [2.05, 4.69) is 10.2 Å². The molecule has 1 aliphatic heterocycles. The molecule has 3 rings (SSSR count). The molecule has 1 fully saturated rings. The second kappa shape index (κ2) is 12.1. The lowest BCUT2D eigenvalue weighted by Crippen LogP contribution is -2.50. The third-order valence-electron chi connectivity index (χ3n) is 5.40. The Morgan fingerprint density at radius 1 is 0.909 bits per heavy atom. The van der Waals surface area contributed by atoms with Gasteiger partial charge in [-0.25, -0.2) is 8.42 Å². The molecule has 0 unspecified atom stereocenters. The Labute approximate surface area is 201 Å². The molecule has 1 heterocycles. The zero-order chi connectivity index (χ0) is 23.1. The van der Waals surface area contributed by atoms with E-state index in [1.165, 1.54) is 11.4 Å². The SMILES string of the molecule is COc1ccc(S(=O)(=O)N2CCN(CCNC(=O)c3ccc(OC)cc3OC)CC2)cc1.Cl. The fourth-order valence-corrected chi connectivity index (χ4v) is 4.92. The first-order valence-corrected chi connectivity index (χ1v) is 11.7. The molecule has 0 bridgehead atoms. The molecule has 9 nitrogen and oxygen atoms in total. The third-order valence-corrected chi connectivity index (χ3v) is 7.31. The summed E-state index contributed by atoms with van der Waals surface area (Å²) in [7, 11) is 1.06. The maximum Gasteiger partial charge on any atom is 0.255 e. The number of hydrogen-bond acceptors (Lipinski definition) is 7. The number of carbonyl (C=O) groups excluding carboxylic acids is 1. The lowest BCUT2D eigenvalue weighted by Gasteiger charge is -2.34. The highest BCUT2D eigenvalue weighted by Crippen LogP contribution is 2.24. The van der Waals surface area contributed by atoms with Gasteiger partial charge in [0.2, 0.25) is 10.0 Å². The molecule has 0 atom stereocenters. The Balaban J connectivity index is 0.00000385. The van der Waals surface area contributed by atoms with Gasteiger partial charge in [0, 0.05) is 45.3 Å². The Bertz CT molecular complexity index is 1020. The first-order valence-electron chi connectivity index (χ1n) is 10.3. The number of piperazine rings is 1. The molecule has 33 heavy (non-hydrogen) atoms. The standard InChI is InChI=1S/C22H29N3O6S.ClH/c1-29-17-4-7-19(8-5-17)32(27,28)25-14-12-24(13-15-25)11-10-23-22(26)20-9-6-18(30-2)16-21(20)31-3;/h4-9,16H,10-15H2,1-3H3,(H,23,26);1H. The molecule has 0 saturated carbocycles. The van der Waals surface area contributed by atoms with Gasteiger partial charge in [-0.05, 0) is 36.4 Å². The van der Waals surface area contributed by atoms with E-state index in [9.17, 15) is 13.2 Å². The number of amides is 1. The number of hydrogen-bond donors (Lipinski definition) is 1. The van der Waals surface area contributed by atoms with Crippen LogP contribution < -0.4 is 19.5 Å². The number of methoxy groups -OCH3 is 3. The van der Waals surface area contributed by atoms with Gasteiger partial charge in [-0.15, -0.1) is 12.4 Å². The van der Waals surface area contributed by atoms with Crippen LogP contribution in [-0.2, 0) is 10.0 Å². The molecule has 0 aromatic heterocycles. The van der Waals surface area contributed by atoms with Crippen molar-refractivity contribution in [1.29, 1.82) is 0 Å². The zero-order valence-electron chi connectivity index (χ0n) is 18.9. The van der Waals surface area contributed by atoms with E-state index in [0.717, 1.165) is 0 Å². The van der Waals surface area contributed by atoms with Gasteiger partial charge in [0.05, 0.1) is 31.8 Å². The third kappa shape index (κ3) is 6.50. The van der Waals surface area contributed by atoms with Crippen molar-refractivity contribution < 1.29 is 27.4 Å². The van der Waals surface area contributed by atoms with Crippen LogP contribution in [0.25, 0.3) is 0 Å². The van der Waals surface area contributed by atoms with Crippen LogP contribution in [0.3, 0.4) is 0 Å². The van der Waals surface area contributed by atoms with E-state index in [1.807, 2.05) is 0 Å². The number of halogens is 1. The van der Waals surface area contributed by atoms with Crippen LogP contribution in [0.4, 0.5) is 0 Å². The zero-order valence-corrected chi connectivity index (χ0v) is 20.6. The van der Waals surface area contributed by atoms with E-state index in [0.29, 0.717) is 62.1 Å². The molecule has 1 amide bonds. The summed E-state index contributed by atoms with van der Waals surface area (Å²) in [5.41, 5.74) is 0.434. The second-order valence-corrected chi connectivity index (χ2v) is 9.18. The molecular weight excluding hydrogens is 470 g/mol. The summed E-state index contributed by atoms with van der Waals surface area (Å²) in [5, 5.41) is 2.89. The molecule has 182 valence electrons. The molecule has 1 N–H and O–H groups in total. The summed E-state index contributed by atoms with van der Waals surface area (Å²) in [6.07, 6.45) is 0. The van der Waals surface area contributed by atoms with Crippen LogP contribution in [0.15, 0.2) is 47.4 Å². The number of benzene rings is 2. The van der Waals surface area contributed by atoms with Gasteiger partial charge in [0.1, 0.15) is 17.2 Å². The van der Waals surface area contributed by atoms with Gasteiger partial charge in [-0.3, -0.25) is 9.69 Å². The van der Waals surface area contributed by atoms with Crippen molar-refractivity contribution in [1.82, 2.24) is 14.5 Å². The topological polar surface area (TPSA) is 97.4 Å². The van der Waals surface area contributed by atoms with Crippen LogP contribution in [-0.4, -0.2) is 84.1 Å². The second-order valence-electron chi connectivity index (χ2n) is 7.24. The lowest BCUT2D eigenvalue weighted by atomic mass is 10.1. The van der Waals surface area contributed by atoms with Crippen molar-refractivity contribution in [2.24, 2.45) is 0 Å². The molecule has 0 radical (unpaired) electrons. The lowest BCUT2D eigenvalue weighted by molar-refractivity contribution is 0.0942. The summed E-state index contributed by atoms with van der Waals surface area (Å²) < 4.78 is 42.7. The van der Waals surface area contributed by atoms with Crippen LogP contribution in [0, 0.1) is 0 Å². The fourth-order valence-electron chi connectivity index (χ4n) is 3.50. The van der Waals surface area contributed by atoms with Crippen molar-refractivity contribution in [3.63, 3.8) is 0 Å². The number of ether oxygens (including phenoxy) is 3. The summed E-state index contributed by atoms with van der Waals surface area (Å²) in [5.74, 6) is 1.44. The summed E-state index contributed by atoms with van der Waals surface area (Å²) in [6.45, 7) is 3.05. The highest BCUT2D eigenvalue weighted by Gasteiger charge is 2.28. The minimum absolute atomic E-state index is 0. The van der Waals surface area contributed by atoms with Crippen molar-refractivity contribution in [3.05, 3.63) is 48.0 Å². The van der Waals surface area contributed by atoms with E-state index in [4.69, 9.17) is 14.2 Å². The van der Waals surface area contributed by atoms with Gasteiger partial charge in [-0.1, -0.05) is 0 Å². The smallest absolute Gasteiger partial charge is 0.255 e. The fraction of sp³-hybridized carbons (Fsp3) is 0.409. The Morgan fingerprint density at radius 2 is 1.52 bits per heavy atom. The summed E-state index contributed by atoms with van der Waals surface area (Å²) in [6, 6.07) is 11.4. The predicted molar refractivity (Wildman–Crippen MR) is 127 cm³/mol. The number of rotatable bonds is 9. The van der Waals surface area contributed by atoms with E-state index in [-0.39, 0.29) is 23.2 Å². The quantitative estimate of drug-likeness (QED) is 0.562. The van der Waals surface area contributed by atoms with Gasteiger partial charge >= 0.3 is 0 Å². The monoisotopic (exact) mass is 499 g/mol. The minimum Gasteiger partial charge on any atom is -0.497 e. The largest absolute Gasteiger partial charge is 0.497 e. The highest BCUT2D eigenvalue weighted by molar-refractivity contribution is 7.89. The average molecular weight is 500 g/mol. The van der Waals surface area contributed by atoms with Gasteiger partial charge in [-0.2, -0.15) is 4.31 Å². The number of nitrogens with zero attached hydrogens (tertiary/aromatic N) is 2. The molecular formula is C22H30ClN3O6S. The molecule has 11 heteroatoms. The number of carbonyl (C=O) groups is 1. The highest BCUT2D eigenvalue weighted by atomic mass is 35.5. The molecule has 1 saturated heterocycles. The van der Waals surface area contributed by atoms with Crippen LogP contribution in [0.1, 0.15) is 10.4 Å². The van der Waals surface area contributed by atoms with Crippen molar-refractivity contribution in [3.8, 4) is 17.2 Å². The Hall–Kier alpha value is -2.53. The maximum absolute atomic E-state index is 12.8. The van der Waals surface area contributed by atoms with E-state index >= 15 is 0 Å². The number of nitrogens with one attached hydrogen (secondary N) is 1. The number of sulfonamides is 1. The summed E-state index contributed by atoms with van der Waals surface area (Å²) >= 11 is 0. The van der Waals surface area contributed by atoms with Crippen molar-refractivity contribution >= 4 is 28.3 Å². The van der Waals surface area contributed by atoms with Crippen LogP contribution in [0.2, 0.25) is 0 Å². The first-order chi connectivity index (χ1) is 15.4. The first kappa shape index (κ1) is 26.7. The molecule has 0 aliphatic carbocycles. The van der Waals surface area contributed by atoms with Crippen LogP contribution in [0.5, 0.6) is 17.2 Å². The normalized spacial score (nSPS) is 14.8. The summed E-state index contributed by atoms with van der Waals surface area (Å²) in [4.78, 5) is 14.9. The van der Waals surface area contributed by atoms with Gasteiger partial charge < -0.3 is 19.5 Å². The molecule has 1 aliphatic rings. The average Bonchev–Trinajstić information content (AvgIpc) is 2.83. The van der Waals surface area contributed by atoms with Gasteiger partial charge in [0.25, 0.3) is 5.91 Å². The predicted octanol–water partition coefficient (Wildman–Crippen LogP) is 1.87. The molecule has 2 aromatic carbocycles. The van der Waals surface area contributed by atoms with E-state index in [1.54, 1.807) is 56.7 Å². The van der Waals surface area contributed by atoms with Crippen molar-refractivity contribution in [2.45, 2.75) is 4.90 Å². The van der Waals surface area contributed by atoms with Crippen LogP contribution >= 0.6 is 12.4 Å².